The minimum Gasteiger partial charge on any atom is -0.488 e. The summed E-state index contributed by atoms with van der Waals surface area (Å²) in [5, 5.41) is 9.24. The first-order valence-electron chi connectivity index (χ1n) is 6.46. The smallest absolute Gasteiger partial charge is 0.331 e. The highest BCUT2D eigenvalue weighted by Gasteiger charge is 2.05. The molecule has 3 nitrogen and oxygen atoms in total. The summed E-state index contributed by atoms with van der Waals surface area (Å²) >= 11 is 6.20. The van der Waals surface area contributed by atoms with Crippen molar-refractivity contribution < 1.29 is 14.6 Å². The molecule has 0 amide bonds. The molecule has 0 radical (unpaired) electrons. The van der Waals surface area contributed by atoms with E-state index < -0.39 is 5.97 Å². The van der Waals surface area contributed by atoms with Gasteiger partial charge in [0.2, 0.25) is 0 Å². The van der Waals surface area contributed by atoms with Crippen molar-refractivity contribution in [2.45, 2.75) is 6.92 Å². The molecule has 4 heteroatoms. The third-order valence-corrected chi connectivity index (χ3v) is 3.30. The van der Waals surface area contributed by atoms with Crippen LogP contribution in [0.1, 0.15) is 6.92 Å². The highest BCUT2D eigenvalue weighted by atomic mass is 35.5. The van der Waals surface area contributed by atoms with E-state index in [2.05, 4.69) is 0 Å². The van der Waals surface area contributed by atoms with Crippen LogP contribution in [0.15, 0.2) is 60.2 Å². The Balaban J connectivity index is 2.10. The van der Waals surface area contributed by atoms with Crippen molar-refractivity contribution in [2.24, 2.45) is 0 Å². The molecule has 0 aliphatic heterocycles. The molecule has 0 atom stereocenters. The van der Waals surface area contributed by atoms with Gasteiger partial charge in [-0.1, -0.05) is 48.0 Å². The summed E-state index contributed by atoms with van der Waals surface area (Å²) in [5.41, 5.74) is 2.32. The molecule has 0 fully saturated rings. The van der Waals surface area contributed by atoms with E-state index in [0.717, 1.165) is 11.1 Å². The Hall–Kier alpha value is -2.26. The number of ether oxygens (including phenoxy) is 1. The number of carboxylic acids is 1. The monoisotopic (exact) mass is 302 g/mol. The van der Waals surface area contributed by atoms with Gasteiger partial charge >= 0.3 is 5.97 Å². The van der Waals surface area contributed by atoms with E-state index in [9.17, 15) is 4.79 Å². The summed E-state index contributed by atoms with van der Waals surface area (Å²) in [6, 6.07) is 15.4. The third kappa shape index (κ3) is 4.10. The Kier molecular flexibility index (Phi) is 5.01. The molecule has 0 unspecified atom stereocenters. The quantitative estimate of drug-likeness (QED) is 0.832. The fourth-order valence-electron chi connectivity index (χ4n) is 1.77. The van der Waals surface area contributed by atoms with E-state index in [1.165, 1.54) is 13.0 Å². The SMILES string of the molecule is CC(=CCOc1ccc(-c2ccccc2)cc1Cl)C(=O)O. The first-order valence-corrected chi connectivity index (χ1v) is 6.83. The zero-order valence-electron chi connectivity index (χ0n) is 11.5. The summed E-state index contributed by atoms with van der Waals surface area (Å²) in [5.74, 6) is -0.421. The van der Waals surface area contributed by atoms with Crippen LogP contribution in [0.4, 0.5) is 0 Å². The minimum atomic E-state index is -0.955. The zero-order valence-corrected chi connectivity index (χ0v) is 12.3. The van der Waals surface area contributed by atoms with Gasteiger partial charge in [0.15, 0.2) is 0 Å². The normalized spacial score (nSPS) is 11.2. The Labute approximate surface area is 128 Å². The van der Waals surface area contributed by atoms with E-state index in [1.807, 2.05) is 42.5 Å². The molecule has 0 aliphatic carbocycles. The molecule has 2 aromatic carbocycles. The van der Waals surface area contributed by atoms with E-state index in [4.69, 9.17) is 21.4 Å². The zero-order chi connectivity index (χ0) is 15.2. The average molecular weight is 303 g/mol. The number of halogens is 1. The molecule has 108 valence electrons. The predicted molar refractivity (Wildman–Crippen MR) is 83.8 cm³/mol. The Morgan fingerprint density at radius 3 is 2.52 bits per heavy atom. The van der Waals surface area contributed by atoms with Crippen LogP contribution >= 0.6 is 11.6 Å². The van der Waals surface area contributed by atoms with Gasteiger partial charge in [-0.3, -0.25) is 0 Å². The highest BCUT2D eigenvalue weighted by molar-refractivity contribution is 6.32. The van der Waals surface area contributed by atoms with Crippen LogP contribution in [0.2, 0.25) is 5.02 Å². The summed E-state index contributed by atoms with van der Waals surface area (Å²) in [6.45, 7) is 1.69. The van der Waals surface area contributed by atoms with Crippen LogP contribution in [-0.2, 0) is 4.79 Å². The van der Waals surface area contributed by atoms with Crippen LogP contribution < -0.4 is 4.74 Å². The molecule has 0 spiro atoms. The fraction of sp³-hybridized carbons (Fsp3) is 0.118. The van der Waals surface area contributed by atoms with Crippen LogP contribution in [0.5, 0.6) is 5.75 Å². The van der Waals surface area contributed by atoms with Crippen LogP contribution in [0.25, 0.3) is 11.1 Å². The molecular formula is C17H15ClO3. The van der Waals surface area contributed by atoms with Crippen molar-refractivity contribution >= 4 is 17.6 Å². The van der Waals surface area contributed by atoms with Gasteiger partial charge < -0.3 is 9.84 Å². The van der Waals surface area contributed by atoms with Gasteiger partial charge in [-0.05, 0) is 36.3 Å². The summed E-state index contributed by atoms with van der Waals surface area (Å²) in [7, 11) is 0. The number of carbonyl (C=O) groups is 1. The molecule has 0 bridgehead atoms. The molecule has 0 saturated heterocycles. The maximum absolute atomic E-state index is 10.7. The van der Waals surface area contributed by atoms with Gasteiger partial charge in [-0.25, -0.2) is 4.79 Å². The lowest BCUT2D eigenvalue weighted by atomic mass is 10.1. The largest absolute Gasteiger partial charge is 0.488 e. The standard InChI is InChI=1S/C17H15ClO3/c1-12(17(19)20)9-10-21-16-8-7-14(11-15(16)18)13-5-3-2-4-6-13/h2-9,11H,10H2,1H3,(H,19,20). The van der Waals surface area contributed by atoms with Crippen molar-refractivity contribution in [3.8, 4) is 16.9 Å². The number of carboxylic acid groups (broad SMARTS) is 1. The lowest BCUT2D eigenvalue weighted by molar-refractivity contribution is -0.132. The van der Waals surface area contributed by atoms with Crippen LogP contribution in [-0.4, -0.2) is 17.7 Å². The molecule has 0 heterocycles. The molecule has 21 heavy (non-hydrogen) atoms. The molecule has 0 aromatic heterocycles. The lowest BCUT2D eigenvalue weighted by Gasteiger charge is -2.08. The lowest BCUT2D eigenvalue weighted by Crippen LogP contribution is -2.01. The molecule has 1 N–H and O–H groups in total. The van der Waals surface area contributed by atoms with Gasteiger partial charge in [-0.2, -0.15) is 0 Å². The van der Waals surface area contributed by atoms with E-state index >= 15 is 0 Å². The number of aliphatic carboxylic acids is 1. The Morgan fingerprint density at radius 1 is 1.19 bits per heavy atom. The summed E-state index contributed by atoms with van der Waals surface area (Å²) in [4.78, 5) is 10.7. The fourth-order valence-corrected chi connectivity index (χ4v) is 2.01. The van der Waals surface area contributed by atoms with Crippen LogP contribution in [0.3, 0.4) is 0 Å². The number of rotatable bonds is 5. The average Bonchev–Trinajstić information content (AvgIpc) is 2.49. The van der Waals surface area contributed by atoms with Crippen molar-refractivity contribution in [1.82, 2.24) is 0 Å². The predicted octanol–water partition coefficient (Wildman–Crippen LogP) is 4.42. The van der Waals surface area contributed by atoms with Gasteiger partial charge in [0.1, 0.15) is 12.4 Å². The van der Waals surface area contributed by atoms with Crippen molar-refractivity contribution in [3.05, 3.63) is 65.2 Å². The second-order valence-corrected chi connectivity index (χ2v) is 4.92. The van der Waals surface area contributed by atoms with Crippen molar-refractivity contribution in [3.63, 3.8) is 0 Å². The van der Waals surface area contributed by atoms with Gasteiger partial charge in [-0.15, -0.1) is 0 Å². The maximum Gasteiger partial charge on any atom is 0.331 e. The maximum atomic E-state index is 10.7. The van der Waals surface area contributed by atoms with Crippen molar-refractivity contribution in [2.75, 3.05) is 6.61 Å². The topological polar surface area (TPSA) is 46.5 Å². The van der Waals surface area contributed by atoms with E-state index in [1.54, 1.807) is 6.07 Å². The number of hydrogen-bond acceptors (Lipinski definition) is 2. The number of hydrogen-bond donors (Lipinski definition) is 1. The molecular weight excluding hydrogens is 288 g/mol. The second-order valence-electron chi connectivity index (χ2n) is 4.51. The molecule has 2 aromatic rings. The minimum absolute atomic E-state index is 0.169. The van der Waals surface area contributed by atoms with Crippen molar-refractivity contribution in [1.29, 1.82) is 0 Å². The third-order valence-electron chi connectivity index (χ3n) is 3.00. The summed E-state index contributed by atoms with van der Waals surface area (Å²) < 4.78 is 5.48. The second kappa shape index (κ2) is 6.95. The Morgan fingerprint density at radius 2 is 1.90 bits per heavy atom. The molecule has 0 saturated carbocycles. The van der Waals surface area contributed by atoms with E-state index in [-0.39, 0.29) is 12.2 Å². The van der Waals surface area contributed by atoms with E-state index in [0.29, 0.717) is 10.8 Å². The van der Waals surface area contributed by atoms with Gasteiger partial charge in [0, 0.05) is 5.57 Å². The van der Waals surface area contributed by atoms with Crippen LogP contribution in [0, 0.1) is 0 Å². The molecule has 0 aliphatic rings. The van der Waals surface area contributed by atoms with Gasteiger partial charge in [0.05, 0.1) is 5.02 Å². The highest BCUT2D eigenvalue weighted by Crippen LogP contribution is 2.30. The number of benzene rings is 2. The molecule has 2 rings (SSSR count). The first kappa shape index (κ1) is 15.1. The Bertz CT molecular complexity index is 663. The summed E-state index contributed by atoms with van der Waals surface area (Å²) in [6.07, 6.45) is 1.50. The van der Waals surface area contributed by atoms with Gasteiger partial charge in [0.25, 0.3) is 0 Å². The first-order chi connectivity index (χ1) is 10.1.